The van der Waals surface area contributed by atoms with E-state index in [0.29, 0.717) is 10.9 Å². The maximum absolute atomic E-state index is 10.8. The third-order valence-corrected chi connectivity index (χ3v) is 4.26. The number of carboxylic acid groups (broad SMARTS) is 1. The summed E-state index contributed by atoms with van der Waals surface area (Å²) >= 11 is 1.31. The fourth-order valence-corrected chi connectivity index (χ4v) is 3.00. The summed E-state index contributed by atoms with van der Waals surface area (Å²) in [4.78, 5) is 15.8. The van der Waals surface area contributed by atoms with Gasteiger partial charge in [0.15, 0.2) is 0 Å². The molecule has 2 heterocycles. The topological polar surface area (TPSA) is 43.8 Å². The predicted molar refractivity (Wildman–Crippen MR) is 70.2 cm³/mol. The highest BCUT2D eigenvalue weighted by Gasteiger charge is 2.21. The number of rotatable bonds is 3. The molecule has 0 unspecified atom stereocenters. The van der Waals surface area contributed by atoms with Gasteiger partial charge in [0, 0.05) is 30.2 Å². The summed E-state index contributed by atoms with van der Waals surface area (Å²) in [7, 11) is 4.24. The standard InChI is InChI=1S/C12H18N2O2S/c1-13(2)9-3-5-14(6-4-9)10-7-11(12(15)16)17-8-10/h7-9H,3-6H2,1-2H3,(H,15,16). The Morgan fingerprint density at radius 2 is 2.12 bits per heavy atom. The summed E-state index contributed by atoms with van der Waals surface area (Å²) in [6.45, 7) is 2.03. The third-order valence-electron chi connectivity index (χ3n) is 3.36. The minimum atomic E-state index is -0.829. The number of piperidine rings is 1. The molecule has 0 radical (unpaired) electrons. The number of hydrogen-bond acceptors (Lipinski definition) is 4. The highest BCUT2D eigenvalue weighted by Crippen LogP contribution is 2.26. The van der Waals surface area contributed by atoms with Crippen LogP contribution in [0.1, 0.15) is 22.5 Å². The first-order valence-corrected chi connectivity index (χ1v) is 6.69. The molecular formula is C12H18N2O2S. The molecule has 5 heteroatoms. The van der Waals surface area contributed by atoms with Gasteiger partial charge in [-0.3, -0.25) is 0 Å². The lowest BCUT2D eigenvalue weighted by atomic mass is 10.0. The van der Waals surface area contributed by atoms with E-state index in [1.54, 1.807) is 6.07 Å². The second-order valence-corrected chi connectivity index (χ2v) is 5.57. The molecule has 0 aromatic carbocycles. The first kappa shape index (κ1) is 12.4. The van der Waals surface area contributed by atoms with Gasteiger partial charge >= 0.3 is 5.97 Å². The van der Waals surface area contributed by atoms with Gasteiger partial charge < -0.3 is 14.9 Å². The highest BCUT2D eigenvalue weighted by molar-refractivity contribution is 7.12. The van der Waals surface area contributed by atoms with Crippen LogP contribution in [0.2, 0.25) is 0 Å². The fraction of sp³-hybridized carbons (Fsp3) is 0.583. The van der Waals surface area contributed by atoms with Crippen molar-refractivity contribution in [3.63, 3.8) is 0 Å². The molecule has 1 aliphatic heterocycles. The van der Waals surface area contributed by atoms with E-state index >= 15 is 0 Å². The zero-order valence-corrected chi connectivity index (χ0v) is 11.0. The van der Waals surface area contributed by atoms with Crippen LogP contribution in [0.3, 0.4) is 0 Å². The Bertz CT molecular complexity index is 395. The van der Waals surface area contributed by atoms with Crippen LogP contribution in [0.25, 0.3) is 0 Å². The zero-order valence-electron chi connectivity index (χ0n) is 10.2. The lowest BCUT2D eigenvalue weighted by Crippen LogP contribution is -2.41. The van der Waals surface area contributed by atoms with Crippen molar-refractivity contribution in [1.82, 2.24) is 4.90 Å². The van der Waals surface area contributed by atoms with Crippen molar-refractivity contribution in [2.24, 2.45) is 0 Å². The Morgan fingerprint density at radius 3 is 2.59 bits per heavy atom. The van der Waals surface area contributed by atoms with Gasteiger partial charge in [-0.15, -0.1) is 11.3 Å². The van der Waals surface area contributed by atoms with E-state index in [0.717, 1.165) is 31.6 Å². The number of carboxylic acids is 1. The van der Waals surface area contributed by atoms with Crippen LogP contribution >= 0.6 is 11.3 Å². The monoisotopic (exact) mass is 254 g/mol. The molecule has 0 saturated carbocycles. The van der Waals surface area contributed by atoms with Crippen molar-refractivity contribution in [2.45, 2.75) is 18.9 Å². The van der Waals surface area contributed by atoms with Gasteiger partial charge in [-0.25, -0.2) is 4.79 Å². The van der Waals surface area contributed by atoms with Crippen LogP contribution in [0.4, 0.5) is 5.69 Å². The molecule has 2 rings (SSSR count). The summed E-state index contributed by atoms with van der Waals surface area (Å²) in [5, 5.41) is 10.8. The van der Waals surface area contributed by atoms with Gasteiger partial charge in [-0.2, -0.15) is 0 Å². The lowest BCUT2D eigenvalue weighted by molar-refractivity contribution is 0.0702. The molecule has 0 spiro atoms. The first-order valence-electron chi connectivity index (χ1n) is 5.81. The fourth-order valence-electron chi connectivity index (χ4n) is 2.24. The Morgan fingerprint density at radius 1 is 1.47 bits per heavy atom. The van der Waals surface area contributed by atoms with Crippen LogP contribution in [-0.4, -0.2) is 49.2 Å². The molecule has 1 aliphatic rings. The molecule has 0 amide bonds. The van der Waals surface area contributed by atoms with Crippen LogP contribution < -0.4 is 4.90 Å². The maximum atomic E-state index is 10.8. The number of aromatic carboxylic acids is 1. The van der Waals surface area contributed by atoms with E-state index in [9.17, 15) is 4.79 Å². The lowest BCUT2D eigenvalue weighted by Gasteiger charge is -2.35. The summed E-state index contributed by atoms with van der Waals surface area (Å²) in [6, 6.07) is 2.44. The van der Waals surface area contributed by atoms with E-state index < -0.39 is 5.97 Å². The normalized spacial score (nSPS) is 17.7. The van der Waals surface area contributed by atoms with E-state index in [1.807, 2.05) is 5.38 Å². The minimum Gasteiger partial charge on any atom is -0.477 e. The second kappa shape index (κ2) is 5.06. The molecule has 0 bridgehead atoms. The van der Waals surface area contributed by atoms with Gasteiger partial charge in [-0.05, 0) is 33.0 Å². The number of nitrogens with zero attached hydrogens (tertiary/aromatic N) is 2. The molecule has 17 heavy (non-hydrogen) atoms. The summed E-state index contributed by atoms with van der Waals surface area (Å²) < 4.78 is 0. The van der Waals surface area contributed by atoms with E-state index in [1.165, 1.54) is 11.3 Å². The molecule has 1 aromatic rings. The van der Waals surface area contributed by atoms with Crippen LogP contribution in [0.15, 0.2) is 11.4 Å². The third kappa shape index (κ3) is 2.79. The molecular weight excluding hydrogens is 236 g/mol. The van der Waals surface area contributed by atoms with Crippen molar-refractivity contribution < 1.29 is 9.90 Å². The predicted octanol–water partition coefficient (Wildman–Crippen LogP) is 1.98. The highest BCUT2D eigenvalue weighted by atomic mass is 32.1. The van der Waals surface area contributed by atoms with E-state index in [2.05, 4.69) is 23.9 Å². The molecule has 0 atom stereocenters. The summed E-state index contributed by atoms with van der Waals surface area (Å²) in [6.07, 6.45) is 2.29. The Balaban J connectivity index is 1.98. The zero-order chi connectivity index (χ0) is 12.4. The average Bonchev–Trinajstić information content (AvgIpc) is 2.78. The maximum Gasteiger partial charge on any atom is 0.345 e. The van der Waals surface area contributed by atoms with Crippen LogP contribution in [0, 0.1) is 0 Å². The average molecular weight is 254 g/mol. The summed E-state index contributed by atoms with van der Waals surface area (Å²) in [5.74, 6) is -0.829. The molecule has 0 aliphatic carbocycles. The molecule has 1 saturated heterocycles. The largest absolute Gasteiger partial charge is 0.477 e. The van der Waals surface area contributed by atoms with Gasteiger partial charge in [0.05, 0.1) is 0 Å². The van der Waals surface area contributed by atoms with Crippen molar-refractivity contribution in [3.8, 4) is 0 Å². The quantitative estimate of drug-likeness (QED) is 0.895. The Hall–Kier alpha value is -1.07. The molecule has 1 aromatic heterocycles. The number of hydrogen-bond donors (Lipinski definition) is 1. The molecule has 4 nitrogen and oxygen atoms in total. The molecule has 94 valence electrons. The van der Waals surface area contributed by atoms with Crippen molar-refractivity contribution in [2.75, 3.05) is 32.1 Å². The SMILES string of the molecule is CN(C)C1CCN(c2csc(C(=O)O)c2)CC1. The number of anilines is 1. The Kier molecular flexibility index (Phi) is 3.69. The number of carbonyl (C=O) groups is 1. The van der Waals surface area contributed by atoms with E-state index in [4.69, 9.17) is 5.11 Å². The van der Waals surface area contributed by atoms with Crippen molar-refractivity contribution >= 4 is 23.0 Å². The smallest absolute Gasteiger partial charge is 0.345 e. The van der Waals surface area contributed by atoms with Crippen molar-refractivity contribution in [3.05, 3.63) is 16.3 Å². The van der Waals surface area contributed by atoms with Gasteiger partial charge in [0.1, 0.15) is 4.88 Å². The first-order chi connectivity index (χ1) is 8.08. The van der Waals surface area contributed by atoms with E-state index in [-0.39, 0.29) is 0 Å². The van der Waals surface area contributed by atoms with Crippen molar-refractivity contribution in [1.29, 1.82) is 0 Å². The summed E-state index contributed by atoms with van der Waals surface area (Å²) in [5.41, 5.74) is 1.06. The second-order valence-electron chi connectivity index (χ2n) is 4.66. The van der Waals surface area contributed by atoms with Crippen LogP contribution in [-0.2, 0) is 0 Å². The Labute approximate surface area is 105 Å². The number of thiophene rings is 1. The molecule has 1 N–H and O–H groups in total. The van der Waals surface area contributed by atoms with Gasteiger partial charge in [0.2, 0.25) is 0 Å². The van der Waals surface area contributed by atoms with Gasteiger partial charge in [-0.1, -0.05) is 0 Å². The molecule has 1 fully saturated rings. The minimum absolute atomic E-state index is 0.426. The van der Waals surface area contributed by atoms with Crippen LogP contribution in [0.5, 0.6) is 0 Å². The van der Waals surface area contributed by atoms with Gasteiger partial charge in [0.25, 0.3) is 0 Å².